The molecule has 1 aromatic heterocycles. The number of rotatable bonds is 12. The maximum atomic E-state index is 10.8. The molecule has 0 spiro atoms. The third-order valence-electron chi connectivity index (χ3n) is 4.47. The van der Waals surface area contributed by atoms with Crippen molar-refractivity contribution in [2.75, 3.05) is 13.2 Å². The van der Waals surface area contributed by atoms with Crippen LogP contribution in [-0.2, 0) is 16.1 Å². The molecule has 3 rings (SSSR count). The summed E-state index contributed by atoms with van der Waals surface area (Å²) in [4.78, 5) is 16.4. The number of nitrogens with zero attached hydrogens (tertiary/aromatic N) is 2. The Kier molecular flexibility index (Phi) is 8.25. The second kappa shape index (κ2) is 11.6. The standard InChI is InChI=1S/C24H27N3O4/c1-2-3-8-23(20-9-11-21(12-10-20)27-14-5-13-25-27)26-31-16-15-30-22-7-4-6-19(17-22)18-24(28)29/h4-14,17,26H,2-3,15-16,18H2,1H3,(H,28,29). The van der Waals surface area contributed by atoms with Crippen LogP contribution in [-0.4, -0.2) is 34.1 Å². The van der Waals surface area contributed by atoms with Crippen molar-refractivity contribution in [3.05, 3.63) is 84.2 Å². The lowest BCUT2D eigenvalue weighted by atomic mass is 10.1. The van der Waals surface area contributed by atoms with E-state index in [1.165, 1.54) is 0 Å². The minimum atomic E-state index is -0.867. The van der Waals surface area contributed by atoms with Crippen LogP contribution in [0.4, 0.5) is 0 Å². The van der Waals surface area contributed by atoms with Crippen LogP contribution in [0.2, 0.25) is 0 Å². The Hall–Kier alpha value is -3.58. The van der Waals surface area contributed by atoms with Crippen LogP contribution in [0.25, 0.3) is 11.4 Å². The van der Waals surface area contributed by atoms with Gasteiger partial charge < -0.3 is 9.84 Å². The molecular formula is C24H27N3O4. The van der Waals surface area contributed by atoms with Gasteiger partial charge in [0.05, 0.1) is 17.8 Å². The van der Waals surface area contributed by atoms with Gasteiger partial charge in [0, 0.05) is 12.4 Å². The zero-order valence-corrected chi connectivity index (χ0v) is 17.5. The van der Waals surface area contributed by atoms with E-state index < -0.39 is 5.97 Å². The molecule has 162 valence electrons. The molecule has 3 aromatic rings. The zero-order valence-electron chi connectivity index (χ0n) is 17.5. The smallest absolute Gasteiger partial charge is 0.307 e. The second-order valence-electron chi connectivity index (χ2n) is 6.92. The maximum Gasteiger partial charge on any atom is 0.307 e. The number of aromatic nitrogens is 2. The molecule has 0 radical (unpaired) electrons. The van der Waals surface area contributed by atoms with Gasteiger partial charge in [0.1, 0.15) is 19.0 Å². The van der Waals surface area contributed by atoms with Crippen molar-refractivity contribution in [3.63, 3.8) is 0 Å². The molecule has 0 amide bonds. The summed E-state index contributed by atoms with van der Waals surface area (Å²) >= 11 is 0. The Morgan fingerprint density at radius 1 is 1.16 bits per heavy atom. The molecule has 0 saturated carbocycles. The zero-order chi connectivity index (χ0) is 21.9. The molecule has 2 aromatic carbocycles. The lowest BCUT2D eigenvalue weighted by molar-refractivity contribution is -0.136. The van der Waals surface area contributed by atoms with Crippen molar-refractivity contribution in [1.82, 2.24) is 15.3 Å². The first-order chi connectivity index (χ1) is 15.2. The van der Waals surface area contributed by atoms with Gasteiger partial charge in [-0.2, -0.15) is 5.10 Å². The predicted molar refractivity (Wildman–Crippen MR) is 119 cm³/mol. The summed E-state index contributed by atoms with van der Waals surface area (Å²) in [7, 11) is 0. The van der Waals surface area contributed by atoms with E-state index in [4.69, 9.17) is 14.7 Å². The number of carbonyl (C=O) groups is 1. The fourth-order valence-corrected chi connectivity index (χ4v) is 2.97. The van der Waals surface area contributed by atoms with E-state index in [9.17, 15) is 4.79 Å². The van der Waals surface area contributed by atoms with Crippen molar-refractivity contribution in [3.8, 4) is 11.4 Å². The molecular weight excluding hydrogens is 394 g/mol. The number of benzene rings is 2. The van der Waals surface area contributed by atoms with E-state index in [2.05, 4.69) is 23.6 Å². The van der Waals surface area contributed by atoms with Crippen LogP contribution in [0, 0.1) is 0 Å². The van der Waals surface area contributed by atoms with Crippen LogP contribution in [0.5, 0.6) is 5.75 Å². The van der Waals surface area contributed by atoms with E-state index in [1.54, 1.807) is 30.5 Å². The molecule has 0 aliphatic heterocycles. The number of carboxylic acids is 1. The van der Waals surface area contributed by atoms with Gasteiger partial charge in [0.15, 0.2) is 0 Å². The molecule has 2 N–H and O–H groups in total. The van der Waals surface area contributed by atoms with Crippen molar-refractivity contribution < 1.29 is 19.5 Å². The van der Waals surface area contributed by atoms with Gasteiger partial charge in [0.2, 0.25) is 0 Å². The summed E-state index contributed by atoms with van der Waals surface area (Å²) < 4.78 is 7.48. The Morgan fingerprint density at radius 3 is 2.71 bits per heavy atom. The minimum Gasteiger partial charge on any atom is -0.491 e. The van der Waals surface area contributed by atoms with Gasteiger partial charge in [-0.05, 0) is 47.9 Å². The average Bonchev–Trinajstić information content (AvgIpc) is 3.31. The van der Waals surface area contributed by atoms with Crippen LogP contribution in [0.15, 0.2) is 73.1 Å². The van der Waals surface area contributed by atoms with Gasteiger partial charge in [0.25, 0.3) is 0 Å². The average molecular weight is 421 g/mol. The summed E-state index contributed by atoms with van der Waals surface area (Å²) in [5, 5.41) is 13.1. The topological polar surface area (TPSA) is 85.6 Å². The quantitative estimate of drug-likeness (QED) is 0.336. The number of unbranched alkanes of at least 4 members (excludes halogenated alkanes) is 1. The van der Waals surface area contributed by atoms with Gasteiger partial charge >= 0.3 is 5.97 Å². The Morgan fingerprint density at radius 2 is 2.00 bits per heavy atom. The minimum absolute atomic E-state index is 0.0278. The molecule has 0 atom stereocenters. The fraction of sp³-hybridized carbons (Fsp3) is 0.250. The van der Waals surface area contributed by atoms with Crippen molar-refractivity contribution >= 4 is 11.7 Å². The molecule has 0 saturated heterocycles. The number of carboxylic acid groups (broad SMARTS) is 1. The van der Waals surface area contributed by atoms with Crippen LogP contribution in [0.3, 0.4) is 0 Å². The number of aliphatic carboxylic acids is 1. The van der Waals surface area contributed by atoms with E-state index in [0.717, 1.165) is 29.8 Å². The number of nitrogens with one attached hydrogen (secondary N) is 1. The normalized spacial score (nSPS) is 11.3. The lowest BCUT2D eigenvalue weighted by Gasteiger charge is -2.13. The SMILES string of the molecule is CCCC=C(NOCCOc1cccc(CC(=O)O)c1)c1ccc(-n2cccn2)cc1. The molecule has 7 nitrogen and oxygen atoms in total. The van der Waals surface area contributed by atoms with E-state index in [-0.39, 0.29) is 6.42 Å². The summed E-state index contributed by atoms with van der Waals surface area (Å²) in [5.74, 6) is -0.243. The molecule has 7 heteroatoms. The van der Waals surface area contributed by atoms with E-state index >= 15 is 0 Å². The Labute approximate surface area is 181 Å². The number of allylic oxidation sites excluding steroid dienone is 1. The largest absolute Gasteiger partial charge is 0.491 e. The van der Waals surface area contributed by atoms with Crippen LogP contribution < -0.4 is 10.2 Å². The third-order valence-corrected chi connectivity index (χ3v) is 4.47. The summed E-state index contributed by atoms with van der Waals surface area (Å²) in [6, 6.07) is 17.0. The second-order valence-corrected chi connectivity index (χ2v) is 6.92. The van der Waals surface area contributed by atoms with Crippen molar-refractivity contribution in [1.29, 1.82) is 0 Å². The number of hydroxylamine groups is 1. The molecule has 31 heavy (non-hydrogen) atoms. The fourth-order valence-electron chi connectivity index (χ4n) is 2.97. The van der Waals surface area contributed by atoms with Gasteiger partial charge in [-0.15, -0.1) is 0 Å². The highest BCUT2D eigenvalue weighted by molar-refractivity contribution is 5.70. The Balaban J connectivity index is 1.51. The number of hydrogen-bond donors (Lipinski definition) is 2. The first-order valence-corrected chi connectivity index (χ1v) is 10.3. The van der Waals surface area contributed by atoms with E-state index in [0.29, 0.717) is 24.5 Å². The highest BCUT2D eigenvalue weighted by atomic mass is 16.7. The molecule has 0 aliphatic rings. The molecule has 0 bridgehead atoms. The highest BCUT2D eigenvalue weighted by Crippen LogP contribution is 2.17. The number of ether oxygens (including phenoxy) is 1. The lowest BCUT2D eigenvalue weighted by Crippen LogP contribution is -2.18. The van der Waals surface area contributed by atoms with Gasteiger partial charge in [-0.25, -0.2) is 4.68 Å². The highest BCUT2D eigenvalue weighted by Gasteiger charge is 2.05. The van der Waals surface area contributed by atoms with Crippen LogP contribution >= 0.6 is 0 Å². The summed E-state index contributed by atoms with van der Waals surface area (Å²) in [5.41, 5.74) is 6.64. The van der Waals surface area contributed by atoms with Crippen molar-refractivity contribution in [2.24, 2.45) is 0 Å². The monoisotopic (exact) mass is 421 g/mol. The van der Waals surface area contributed by atoms with Gasteiger partial charge in [-0.3, -0.25) is 15.1 Å². The Bertz CT molecular complexity index is 982. The first-order valence-electron chi connectivity index (χ1n) is 10.3. The summed E-state index contributed by atoms with van der Waals surface area (Å²) in [6.45, 7) is 2.79. The molecule has 0 fully saturated rings. The summed E-state index contributed by atoms with van der Waals surface area (Å²) in [6.07, 6.45) is 7.70. The number of hydrogen-bond acceptors (Lipinski definition) is 5. The van der Waals surface area contributed by atoms with Gasteiger partial charge in [-0.1, -0.05) is 43.7 Å². The third kappa shape index (κ3) is 7.01. The maximum absolute atomic E-state index is 10.8. The first kappa shape index (κ1) is 22.1. The van der Waals surface area contributed by atoms with E-state index in [1.807, 2.05) is 41.2 Å². The molecule has 1 heterocycles. The molecule has 0 unspecified atom stereocenters. The molecule has 0 aliphatic carbocycles. The van der Waals surface area contributed by atoms with Crippen molar-refractivity contribution in [2.45, 2.75) is 26.2 Å². The predicted octanol–water partition coefficient (Wildman–Crippen LogP) is 4.24. The van der Waals surface area contributed by atoms with Crippen LogP contribution in [0.1, 0.15) is 30.9 Å².